The predicted molar refractivity (Wildman–Crippen MR) is 97.8 cm³/mol. The van der Waals surface area contributed by atoms with E-state index in [1.54, 1.807) is 0 Å². The van der Waals surface area contributed by atoms with Gasteiger partial charge >= 0.3 is 12.4 Å². The van der Waals surface area contributed by atoms with Gasteiger partial charge in [0.2, 0.25) is 0 Å². The van der Waals surface area contributed by atoms with Gasteiger partial charge in [-0.1, -0.05) is 42.5 Å². The van der Waals surface area contributed by atoms with Gasteiger partial charge in [0.25, 0.3) is 0 Å². The maximum Gasteiger partial charge on any atom is 0.573 e. The third kappa shape index (κ3) is 5.16. The number of halogens is 3. The van der Waals surface area contributed by atoms with Gasteiger partial charge in [-0.25, -0.2) is 4.79 Å². The van der Waals surface area contributed by atoms with Crippen LogP contribution in [-0.4, -0.2) is 35.5 Å². The highest BCUT2D eigenvalue weighted by Gasteiger charge is 2.33. The lowest BCUT2D eigenvalue weighted by Crippen LogP contribution is -2.42. The number of hydrogen-bond donors (Lipinski definition) is 2. The Balaban J connectivity index is 1.58. The van der Waals surface area contributed by atoms with Gasteiger partial charge in [0.05, 0.1) is 11.8 Å². The third-order valence-corrected chi connectivity index (χ3v) is 4.77. The molecule has 0 radical (unpaired) electrons. The van der Waals surface area contributed by atoms with E-state index < -0.39 is 24.2 Å². The maximum absolute atomic E-state index is 12.5. The number of piperidine rings is 1. The predicted octanol–water partition coefficient (Wildman–Crippen LogP) is 4.56. The topological polar surface area (TPSA) is 61.8 Å². The molecule has 1 saturated heterocycles. The lowest BCUT2D eigenvalue weighted by atomic mass is 9.87. The first kappa shape index (κ1) is 20.0. The second-order valence-corrected chi connectivity index (χ2v) is 6.65. The number of rotatable bonds is 4. The van der Waals surface area contributed by atoms with Crippen molar-refractivity contribution in [1.29, 1.82) is 0 Å². The first-order chi connectivity index (χ1) is 13.3. The summed E-state index contributed by atoms with van der Waals surface area (Å²) in [5, 5.41) is 13.0. The zero-order valence-corrected chi connectivity index (χ0v) is 15.0. The summed E-state index contributed by atoms with van der Waals surface area (Å²) in [4.78, 5) is 14.0. The number of alkyl halides is 3. The summed E-state index contributed by atoms with van der Waals surface area (Å²) in [6.07, 6.45) is -4.24. The highest BCUT2D eigenvalue weighted by atomic mass is 19.4. The number of carbonyl (C=O) groups is 1. The Labute approximate surface area is 160 Å². The Morgan fingerprint density at radius 2 is 1.68 bits per heavy atom. The van der Waals surface area contributed by atoms with E-state index in [-0.39, 0.29) is 11.6 Å². The molecule has 2 aromatic carbocycles. The van der Waals surface area contributed by atoms with E-state index in [2.05, 4.69) is 10.1 Å². The van der Waals surface area contributed by atoms with E-state index in [1.165, 1.54) is 23.1 Å². The van der Waals surface area contributed by atoms with E-state index in [0.29, 0.717) is 25.9 Å². The molecule has 0 spiro atoms. The third-order valence-electron chi connectivity index (χ3n) is 4.77. The summed E-state index contributed by atoms with van der Waals surface area (Å²) < 4.78 is 41.5. The van der Waals surface area contributed by atoms with Crippen LogP contribution in [-0.2, 0) is 0 Å². The van der Waals surface area contributed by atoms with E-state index in [0.717, 1.165) is 11.6 Å². The highest BCUT2D eigenvalue weighted by molar-refractivity contribution is 5.91. The van der Waals surface area contributed by atoms with Crippen molar-refractivity contribution in [3.8, 4) is 5.75 Å². The molecule has 1 aliphatic rings. The minimum atomic E-state index is -4.84. The van der Waals surface area contributed by atoms with Crippen LogP contribution in [0.25, 0.3) is 0 Å². The number of hydrogen-bond acceptors (Lipinski definition) is 3. The van der Waals surface area contributed by atoms with Gasteiger partial charge in [0.1, 0.15) is 0 Å². The summed E-state index contributed by atoms with van der Waals surface area (Å²) in [7, 11) is 0. The van der Waals surface area contributed by atoms with E-state index in [1.807, 2.05) is 30.3 Å². The molecule has 1 heterocycles. The van der Waals surface area contributed by atoms with Gasteiger partial charge in [0.15, 0.2) is 5.75 Å². The molecule has 28 heavy (non-hydrogen) atoms. The van der Waals surface area contributed by atoms with Crippen molar-refractivity contribution in [1.82, 2.24) is 4.90 Å². The van der Waals surface area contributed by atoms with Crippen LogP contribution in [0.4, 0.5) is 23.7 Å². The Morgan fingerprint density at radius 1 is 1.07 bits per heavy atom. The number of benzene rings is 2. The molecule has 1 fully saturated rings. The SMILES string of the molecule is O=C(Nc1ccccc1OC(F)(F)F)N1CCC(C(O)c2ccccc2)CC1. The van der Waals surface area contributed by atoms with Crippen LogP contribution in [0.5, 0.6) is 5.75 Å². The van der Waals surface area contributed by atoms with Crippen LogP contribution in [0.1, 0.15) is 24.5 Å². The van der Waals surface area contributed by atoms with Gasteiger partial charge in [-0.3, -0.25) is 0 Å². The van der Waals surface area contributed by atoms with Gasteiger partial charge < -0.3 is 20.1 Å². The van der Waals surface area contributed by atoms with Gasteiger partial charge in [-0.15, -0.1) is 13.2 Å². The van der Waals surface area contributed by atoms with Crippen LogP contribution < -0.4 is 10.1 Å². The number of aliphatic hydroxyl groups excluding tert-OH is 1. The molecule has 0 saturated carbocycles. The fourth-order valence-corrected chi connectivity index (χ4v) is 3.32. The summed E-state index contributed by atoms with van der Waals surface area (Å²) >= 11 is 0. The first-order valence-electron chi connectivity index (χ1n) is 8.97. The molecule has 5 nitrogen and oxygen atoms in total. The summed E-state index contributed by atoms with van der Waals surface area (Å²) in [6, 6.07) is 14.2. The van der Waals surface area contributed by atoms with Crippen LogP contribution in [0.3, 0.4) is 0 Å². The molecule has 0 aromatic heterocycles. The Morgan fingerprint density at radius 3 is 2.32 bits per heavy atom. The molecule has 1 atom stereocenters. The summed E-state index contributed by atoms with van der Waals surface area (Å²) in [5.41, 5.74) is 0.792. The molecular weight excluding hydrogens is 373 g/mol. The number of para-hydroxylation sites is 2. The zero-order chi connectivity index (χ0) is 20.1. The number of anilines is 1. The quantitative estimate of drug-likeness (QED) is 0.799. The van der Waals surface area contributed by atoms with Crippen molar-refractivity contribution in [3.05, 3.63) is 60.2 Å². The highest BCUT2D eigenvalue weighted by Crippen LogP contribution is 2.32. The minimum absolute atomic E-state index is 0.0206. The second-order valence-electron chi connectivity index (χ2n) is 6.65. The largest absolute Gasteiger partial charge is 0.573 e. The number of urea groups is 1. The average molecular weight is 394 g/mol. The van der Waals surface area contributed by atoms with Crippen LogP contribution in [0.15, 0.2) is 54.6 Å². The molecule has 0 bridgehead atoms. The Hall–Kier alpha value is -2.74. The standard InChI is InChI=1S/C20H21F3N2O3/c21-20(22,23)28-17-9-5-4-8-16(17)24-19(27)25-12-10-15(11-13-25)18(26)14-6-2-1-3-7-14/h1-9,15,18,26H,10-13H2,(H,24,27). The lowest BCUT2D eigenvalue weighted by Gasteiger charge is -2.34. The molecule has 2 amide bonds. The summed E-state index contributed by atoms with van der Waals surface area (Å²) in [6.45, 7) is 0.811. The number of ether oxygens (including phenoxy) is 1. The van der Waals surface area contributed by atoms with Crippen molar-refractivity contribution < 1.29 is 27.8 Å². The van der Waals surface area contributed by atoms with Crippen LogP contribution >= 0.6 is 0 Å². The van der Waals surface area contributed by atoms with Crippen LogP contribution in [0.2, 0.25) is 0 Å². The smallest absolute Gasteiger partial charge is 0.404 e. The van der Waals surface area contributed by atoms with E-state index >= 15 is 0 Å². The van der Waals surface area contributed by atoms with Gasteiger partial charge in [-0.05, 0) is 36.5 Å². The first-order valence-corrected chi connectivity index (χ1v) is 8.97. The molecule has 0 aliphatic carbocycles. The fourth-order valence-electron chi connectivity index (χ4n) is 3.32. The number of amides is 2. The normalized spacial score (nSPS) is 16.5. The van der Waals surface area contributed by atoms with Crippen molar-refractivity contribution in [2.75, 3.05) is 18.4 Å². The maximum atomic E-state index is 12.5. The Kier molecular flexibility index (Phi) is 6.08. The molecule has 8 heteroatoms. The van der Waals surface area contributed by atoms with Crippen molar-refractivity contribution in [2.24, 2.45) is 5.92 Å². The van der Waals surface area contributed by atoms with Gasteiger partial charge in [0, 0.05) is 13.1 Å². The monoisotopic (exact) mass is 394 g/mol. The minimum Gasteiger partial charge on any atom is -0.404 e. The van der Waals surface area contributed by atoms with Crippen molar-refractivity contribution in [3.63, 3.8) is 0 Å². The van der Waals surface area contributed by atoms with E-state index in [4.69, 9.17) is 0 Å². The molecule has 2 N–H and O–H groups in total. The number of carbonyl (C=O) groups excluding carboxylic acids is 1. The average Bonchev–Trinajstić information content (AvgIpc) is 2.68. The lowest BCUT2D eigenvalue weighted by molar-refractivity contribution is -0.274. The number of aliphatic hydroxyl groups is 1. The number of likely N-dealkylation sites (tertiary alicyclic amines) is 1. The summed E-state index contributed by atoms with van der Waals surface area (Å²) in [5.74, 6) is -0.440. The van der Waals surface area contributed by atoms with Gasteiger partial charge in [-0.2, -0.15) is 0 Å². The Bertz CT molecular complexity index is 791. The second kappa shape index (κ2) is 8.52. The van der Waals surface area contributed by atoms with Crippen molar-refractivity contribution >= 4 is 11.7 Å². The number of nitrogens with one attached hydrogen (secondary N) is 1. The van der Waals surface area contributed by atoms with E-state index in [9.17, 15) is 23.1 Å². The van der Waals surface area contributed by atoms with Crippen LogP contribution in [0, 0.1) is 5.92 Å². The molecule has 150 valence electrons. The molecule has 2 aromatic rings. The molecule has 3 rings (SSSR count). The van der Waals surface area contributed by atoms with Crippen molar-refractivity contribution in [2.45, 2.75) is 25.3 Å². The fraction of sp³-hybridized carbons (Fsp3) is 0.350. The zero-order valence-electron chi connectivity index (χ0n) is 15.0. The number of nitrogens with zero attached hydrogens (tertiary/aromatic N) is 1. The molecule has 1 unspecified atom stereocenters. The molecule has 1 aliphatic heterocycles. The molecular formula is C20H21F3N2O3.